The van der Waals surface area contributed by atoms with Crippen LogP contribution in [0, 0.1) is 23.3 Å². The molecule has 0 saturated heterocycles. The van der Waals surface area contributed by atoms with Gasteiger partial charge in [-0.05, 0) is 72.8 Å². The summed E-state index contributed by atoms with van der Waals surface area (Å²) in [4.78, 5) is 144. The fourth-order valence-electron chi connectivity index (χ4n) is 9.66. The first-order valence-electron chi connectivity index (χ1n) is 31.7. The van der Waals surface area contributed by atoms with E-state index in [4.69, 9.17) is 57.4 Å². The Kier molecular flexibility index (Phi) is 28.4. The molecule has 8 rings (SSSR count). The van der Waals surface area contributed by atoms with E-state index in [2.05, 4.69) is 64.2 Å². The molecule has 0 bridgehead atoms. The van der Waals surface area contributed by atoms with E-state index >= 15 is 17.6 Å². The molecule has 0 N–H and O–H groups in total. The quantitative estimate of drug-likeness (QED) is 0.00362. The number of hydrogen-bond acceptors (Lipinski definition) is 30. The normalized spacial score (nSPS) is 14.0. The van der Waals surface area contributed by atoms with Gasteiger partial charge in [-0.15, -0.1) is 0 Å². The second-order valence-corrected chi connectivity index (χ2v) is 23.0. The molecule has 0 aromatic heterocycles. The summed E-state index contributed by atoms with van der Waals surface area (Å²) in [6.45, 7) is 16.0. The topological polar surface area (TPSA) is 355 Å². The Morgan fingerprint density at radius 1 is 0.364 bits per heavy atom. The van der Waals surface area contributed by atoms with Gasteiger partial charge in [-0.25, -0.2) is 65.5 Å². The van der Waals surface area contributed by atoms with Crippen molar-refractivity contribution >= 4 is 84.7 Å². The first-order valence-corrected chi connectivity index (χ1v) is 31.7. The molecule has 0 saturated carbocycles. The lowest BCUT2D eigenvalue weighted by Gasteiger charge is -2.53. The second kappa shape index (κ2) is 38.3. The lowest BCUT2D eigenvalue weighted by Crippen LogP contribution is -2.61. The molecule has 6 aromatic rings. The third kappa shape index (κ3) is 23.0. The number of carbonyl (C=O) groups is 10. The van der Waals surface area contributed by atoms with Gasteiger partial charge >= 0.3 is 60.4 Å². The first kappa shape index (κ1) is 81.6. The summed E-state index contributed by atoms with van der Waals surface area (Å²) < 4.78 is 143. The maximum absolute atomic E-state index is 15.4. The standard InChI is InChI=1S/C76H62F4O30/c1-9-63(81)91-39-95-71(87)101-47-23-17-43(53(77)31-47)15-13-29-99-109-61-36-52-58(38-62(61)110-100-30-14-16-44-18-24-48(32-54(44)78)102-72(88)96-40-92-64(82)10-2)108-69-70(76(52,7)8)107-57-37-60(106-68(86)28-22-46-20-26-50(34-56(46)80)104-74(90)98-42-94-66(84)12-4)59(35-51(57)75(69,5)6)105-67(85)27-21-45-19-25-49(33-55(45)79)103-73(89)97-41-93-65(83)11-3/h9-28,31-38,69-70H,1-4,29-30,39-42H2,5-8H3/b15-13+,16-14+,27-21+,28-22+. The zero-order valence-electron chi connectivity index (χ0n) is 58.2. The number of halogens is 4. The van der Waals surface area contributed by atoms with Crippen LogP contribution in [0.3, 0.4) is 0 Å². The van der Waals surface area contributed by atoms with Gasteiger partial charge in [0.2, 0.25) is 38.7 Å². The molecule has 30 nitrogen and oxygen atoms in total. The maximum atomic E-state index is 15.4. The van der Waals surface area contributed by atoms with Crippen molar-refractivity contribution in [2.75, 3.05) is 40.4 Å². The molecule has 2 aliphatic heterocycles. The van der Waals surface area contributed by atoms with Gasteiger partial charge in [0, 0.05) is 117 Å². The van der Waals surface area contributed by atoms with Crippen molar-refractivity contribution in [2.45, 2.75) is 50.7 Å². The fourth-order valence-corrected chi connectivity index (χ4v) is 9.66. The lowest BCUT2D eigenvalue weighted by molar-refractivity contribution is -0.218. The van der Waals surface area contributed by atoms with Crippen molar-refractivity contribution in [3.05, 3.63) is 229 Å². The molecule has 110 heavy (non-hydrogen) atoms. The summed E-state index contributed by atoms with van der Waals surface area (Å²) in [5.41, 5.74) is -2.02. The Balaban J connectivity index is 1.05. The molecule has 2 atom stereocenters. The van der Waals surface area contributed by atoms with Gasteiger partial charge in [0.15, 0.2) is 11.5 Å². The number of fused-ring (bicyclic) bond motifs is 3. The summed E-state index contributed by atoms with van der Waals surface area (Å²) in [5, 5.41) is 0. The van der Waals surface area contributed by atoms with Crippen LogP contribution in [0.4, 0.5) is 36.7 Å². The second-order valence-electron chi connectivity index (χ2n) is 23.0. The molecule has 574 valence electrons. The molecule has 2 unspecified atom stereocenters. The molecule has 2 aliphatic rings. The summed E-state index contributed by atoms with van der Waals surface area (Å²) in [7, 11) is 0. The van der Waals surface area contributed by atoms with Crippen molar-refractivity contribution in [3.8, 4) is 57.5 Å². The Labute approximate surface area is 620 Å². The highest BCUT2D eigenvalue weighted by Gasteiger charge is 2.56. The van der Waals surface area contributed by atoms with E-state index in [0.717, 1.165) is 97.1 Å². The van der Waals surface area contributed by atoms with E-state index in [0.29, 0.717) is 11.1 Å². The minimum atomic E-state index is -1.36. The average molecular weight is 1530 g/mol. The van der Waals surface area contributed by atoms with Crippen molar-refractivity contribution in [1.29, 1.82) is 0 Å². The van der Waals surface area contributed by atoms with Crippen LogP contribution in [0.2, 0.25) is 0 Å². The number of carbonyl (C=O) groups excluding carboxylic acids is 10. The molecule has 0 fully saturated rings. The molecule has 34 heteroatoms. The highest BCUT2D eigenvalue weighted by molar-refractivity contribution is 5.92. The third-order valence-electron chi connectivity index (χ3n) is 15.0. The van der Waals surface area contributed by atoms with Crippen LogP contribution in [-0.4, -0.2) is 113 Å². The summed E-state index contributed by atoms with van der Waals surface area (Å²) in [6.07, 6.45) is 5.07. The van der Waals surface area contributed by atoms with Gasteiger partial charge in [-0.3, -0.25) is 0 Å². The smallest absolute Gasteiger partial charge is 0.485 e. The highest BCUT2D eigenvalue weighted by Crippen LogP contribution is 2.56. The van der Waals surface area contributed by atoms with Crippen molar-refractivity contribution in [2.24, 2.45) is 0 Å². The number of ether oxygens (including phenoxy) is 16. The zero-order chi connectivity index (χ0) is 79.7. The first-order chi connectivity index (χ1) is 52.6. The van der Waals surface area contributed by atoms with E-state index in [1.807, 2.05) is 0 Å². The Morgan fingerprint density at radius 3 is 0.955 bits per heavy atom. The molecular weight excluding hydrogens is 1470 g/mol. The lowest BCUT2D eigenvalue weighted by atomic mass is 9.65. The van der Waals surface area contributed by atoms with E-state index in [1.165, 1.54) is 72.8 Å². The summed E-state index contributed by atoms with van der Waals surface area (Å²) in [6, 6.07) is 18.4. The summed E-state index contributed by atoms with van der Waals surface area (Å²) in [5.74, 6) is -11.7. The van der Waals surface area contributed by atoms with Crippen molar-refractivity contribution < 1.29 is 161 Å². The molecule has 0 spiro atoms. The molecular formula is C76H62F4O30. The van der Waals surface area contributed by atoms with E-state index in [1.54, 1.807) is 27.7 Å². The van der Waals surface area contributed by atoms with Crippen LogP contribution in [0.1, 0.15) is 61.1 Å². The predicted octanol–water partition coefficient (Wildman–Crippen LogP) is 13.1. The molecule has 2 heterocycles. The van der Waals surface area contributed by atoms with Crippen LogP contribution in [0.5, 0.6) is 57.5 Å². The minimum Gasteiger partial charge on any atom is -0.485 e. The van der Waals surface area contributed by atoms with Crippen molar-refractivity contribution in [1.82, 2.24) is 0 Å². The van der Waals surface area contributed by atoms with Crippen LogP contribution in [0.15, 0.2) is 172 Å². The van der Waals surface area contributed by atoms with E-state index in [-0.39, 0.29) is 81.5 Å². The van der Waals surface area contributed by atoms with Gasteiger partial charge in [0.1, 0.15) is 83.2 Å². The number of rotatable bonds is 32. The van der Waals surface area contributed by atoms with Gasteiger partial charge in [-0.2, -0.15) is 9.78 Å². The van der Waals surface area contributed by atoms with Crippen LogP contribution >= 0.6 is 0 Å². The minimum absolute atomic E-state index is 0.00202. The average Bonchev–Trinajstić information content (AvgIpc) is 0.709. The number of hydrogen-bond donors (Lipinski definition) is 0. The Bertz CT molecular complexity index is 4690. The number of esters is 6. The predicted molar refractivity (Wildman–Crippen MR) is 367 cm³/mol. The van der Waals surface area contributed by atoms with Crippen molar-refractivity contribution in [3.63, 3.8) is 0 Å². The maximum Gasteiger partial charge on any atom is 0.516 e. The molecule has 0 aliphatic carbocycles. The van der Waals surface area contributed by atoms with E-state index < -0.39 is 145 Å². The molecule has 0 amide bonds. The SMILES string of the molecule is C=CC(=O)OCOC(=O)Oc1ccc(/C=C/COOc2cc3c(cc2OOC/C=C/c2ccc(OC(=O)OCOC(=O)C=C)cc2F)C(C)(C)C2Oc4cc(OC(=O)/C=C/c5ccc(OC(=O)OCOC(=O)C=C)cc5F)c(OC(=O)/C=C/c5ccc(OC(=O)OCOC(=O)C=C)cc5F)cc4C(C)(C)C2O3)c(F)c1. The highest BCUT2D eigenvalue weighted by atomic mass is 19.1. The van der Waals surface area contributed by atoms with Gasteiger partial charge in [-0.1, -0.05) is 78.3 Å². The van der Waals surface area contributed by atoms with Crippen LogP contribution in [-0.2, 0) is 87.3 Å². The number of benzene rings is 6. The largest absolute Gasteiger partial charge is 0.516 e. The third-order valence-corrected chi connectivity index (χ3v) is 15.0. The summed E-state index contributed by atoms with van der Waals surface area (Å²) >= 11 is 0. The van der Waals surface area contributed by atoms with Crippen LogP contribution < -0.4 is 47.7 Å². The van der Waals surface area contributed by atoms with Gasteiger partial charge in [0.05, 0.1) is 0 Å². The Morgan fingerprint density at radius 2 is 0.645 bits per heavy atom. The van der Waals surface area contributed by atoms with Gasteiger partial charge < -0.3 is 85.6 Å². The Hall–Kier alpha value is -14.0. The zero-order valence-corrected chi connectivity index (χ0v) is 58.2. The van der Waals surface area contributed by atoms with Gasteiger partial charge in [0.25, 0.3) is 0 Å². The monoisotopic (exact) mass is 1530 g/mol. The van der Waals surface area contributed by atoms with E-state index in [9.17, 15) is 47.9 Å². The molecule has 0 radical (unpaired) electrons. The molecule has 6 aromatic carbocycles. The fraction of sp³-hybridized carbons (Fsp3) is 0.184. The van der Waals surface area contributed by atoms with Crippen LogP contribution in [0.25, 0.3) is 24.3 Å².